The normalized spacial score (nSPS) is 9.47. The van der Waals surface area contributed by atoms with Gasteiger partial charge >= 0.3 is 0 Å². The summed E-state index contributed by atoms with van der Waals surface area (Å²) in [5.74, 6) is -0.194. The largest absolute Gasteiger partial charge is 0.484 e. The third-order valence-corrected chi connectivity index (χ3v) is 1.78. The quantitative estimate of drug-likeness (QED) is 0.676. The molecule has 2 N–H and O–H groups in total. The van der Waals surface area contributed by atoms with Gasteiger partial charge in [0, 0.05) is 7.05 Å². The molecule has 92 valence electrons. The summed E-state index contributed by atoms with van der Waals surface area (Å²) >= 11 is 0. The predicted molar refractivity (Wildman–Crippen MR) is 60.1 cm³/mol. The molecule has 0 atom stereocenters. The van der Waals surface area contributed by atoms with Gasteiger partial charge in [0.1, 0.15) is 5.75 Å². The molecule has 1 aromatic rings. The van der Waals surface area contributed by atoms with E-state index in [1.807, 2.05) is 6.07 Å². The number of carbonyl (C=O) groups excluding carboxylic acids is 2. The molecular formula is C11H14N2O4. The summed E-state index contributed by atoms with van der Waals surface area (Å²) in [7, 11) is 1.48. The summed E-state index contributed by atoms with van der Waals surface area (Å²) in [5, 5.41) is 2.35. The van der Waals surface area contributed by atoms with Crippen LogP contribution in [-0.4, -0.2) is 32.1 Å². The molecule has 2 amide bonds. The minimum absolute atomic E-state index is 0.169. The Hall–Kier alpha value is -2.08. The van der Waals surface area contributed by atoms with Crippen molar-refractivity contribution in [2.45, 2.75) is 0 Å². The predicted octanol–water partition coefficient (Wildman–Crippen LogP) is -0.141. The zero-order valence-corrected chi connectivity index (χ0v) is 9.43. The second kappa shape index (κ2) is 7.24. The molecule has 0 radical (unpaired) electrons. The number of hydrogen-bond acceptors (Lipinski definition) is 4. The maximum Gasteiger partial charge on any atom is 0.281 e. The van der Waals surface area contributed by atoms with Crippen molar-refractivity contribution in [1.82, 2.24) is 10.8 Å². The molecule has 0 spiro atoms. The standard InChI is InChI=1S/C11H14N2O4/c1-12-10(14)8-17-13-11(15)7-16-9-5-3-2-4-6-9/h2-6H,7-8H2,1H3,(H,12,14)(H,13,15). The fourth-order valence-electron chi connectivity index (χ4n) is 0.949. The topological polar surface area (TPSA) is 76.7 Å². The number of nitrogens with one attached hydrogen (secondary N) is 2. The molecule has 0 fully saturated rings. The van der Waals surface area contributed by atoms with E-state index in [1.54, 1.807) is 24.3 Å². The first-order valence-corrected chi connectivity index (χ1v) is 5.01. The Morgan fingerprint density at radius 3 is 2.47 bits per heavy atom. The lowest BCUT2D eigenvalue weighted by atomic mass is 10.3. The lowest BCUT2D eigenvalue weighted by Gasteiger charge is -2.06. The Morgan fingerprint density at radius 2 is 1.82 bits per heavy atom. The third-order valence-electron chi connectivity index (χ3n) is 1.78. The molecule has 6 nitrogen and oxygen atoms in total. The minimum atomic E-state index is -0.460. The van der Waals surface area contributed by atoms with Gasteiger partial charge in [-0.1, -0.05) is 18.2 Å². The van der Waals surface area contributed by atoms with Crippen LogP contribution >= 0.6 is 0 Å². The van der Waals surface area contributed by atoms with E-state index in [2.05, 4.69) is 15.6 Å². The van der Waals surface area contributed by atoms with Gasteiger partial charge in [-0.05, 0) is 12.1 Å². The molecule has 0 saturated heterocycles. The van der Waals surface area contributed by atoms with Crippen LogP contribution in [0.3, 0.4) is 0 Å². The van der Waals surface area contributed by atoms with Crippen molar-refractivity contribution in [3.63, 3.8) is 0 Å². The van der Waals surface area contributed by atoms with E-state index in [0.29, 0.717) is 5.75 Å². The van der Waals surface area contributed by atoms with Gasteiger partial charge in [0.25, 0.3) is 5.91 Å². The summed E-state index contributed by atoms with van der Waals surface area (Å²) in [6.45, 7) is -0.397. The molecule has 0 unspecified atom stereocenters. The molecule has 1 rings (SSSR count). The van der Waals surface area contributed by atoms with Gasteiger partial charge in [-0.15, -0.1) is 0 Å². The van der Waals surface area contributed by atoms with Gasteiger partial charge in [-0.3, -0.25) is 14.4 Å². The second-order valence-corrected chi connectivity index (χ2v) is 3.09. The molecule has 0 heterocycles. The number of carbonyl (C=O) groups is 2. The zero-order chi connectivity index (χ0) is 12.5. The second-order valence-electron chi connectivity index (χ2n) is 3.09. The van der Waals surface area contributed by atoms with Gasteiger partial charge in [0.05, 0.1) is 0 Å². The molecule has 17 heavy (non-hydrogen) atoms. The number of hydrogen-bond donors (Lipinski definition) is 2. The van der Waals surface area contributed by atoms with Crippen LogP contribution in [-0.2, 0) is 14.4 Å². The van der Waals surface area contributed by atoms with Crippen molar-refractivity contribution >= 4 is 11.8 Å². The van der Waals surface area contributed by atoms with Crippen LogP contribution in [0.25, 0.3) is 0 Å². The van der Waals surface area contributed by atoms with Gasteiger partial charge in [-0.25, -0.2) is 5.48 Å². The molecule has 1 aromatic carbocycles. The average molecular weight is 238 g/mol. The smallest absolute Gasteiger partial charge is 0.281 e. The highest BCUT2D eigenvalue weighted by Gasteiger charge is 2.04. The Balaban J connectivity index is 2.16. The first-order chi connectivity index (χ1) is 8.22. The molecule has 0 aliphatic rings. The number of rotatable bonds is 6. The maximum atomic E-state index is 11.2. The lowest BCUT2D eigenvalue weighted by Crippen LogP contribution is -2.33. The van der Waals surface area contributed by atoms with Crippen LogP contribution in [0.4, 0.5) is 0 Å². The van der Waals surface area contributed by atoms with Gasteiger partial charge in [0.2, 0.25) is 5.91 Å². The number of benzene rings is 1. The number of para-hydroxylation sites is 1. The zero-order valence-electron chi connectivity index (χ0n) is 9.43. The van der Waals surface area contributed by atoms with Crippen LogP contribution in [0.5, 0.6) is 5.75 Å². The lowest BCUT2D eigenvalue weighted by molar-refractivity contribution is -0.140. The molecule has 6 heteroatoms. The highest BCUT2D eigenvalue weighted by molar-refractivity contribution is 5.78. The monoisotopic (exact) mass is 238 g/mol. The number of likely N-dealkylation sites (N-methyl/N-ethyl adjacent to an activating group) is 1. The van der Waals surface area contributed by atoms with E-state index in [0.717, 1.165) is 0 Å². The van der Waals surface area contributed by atoms with Crippen molar-refractivity contribution in [3.8, 4) is 5.75 Å². The van der Waals surface area contributed by atoms with Gasteiger partial charge in [-0.2, -0.15) is 0 Å². The molecule has 0 saturated carbocycles. The van der Waals surface area contributed by atoms with Crippen molar-refractivity contribution in [1.29, 1.82) is 0 Å². The van der Waals surface area contributed by atoms with E-state index in [-0.39, 0.29) is 19.1 Å². The fraction of sp³-hybridized carbons (Fsp3) is 0.273. The third kappa shape index (κ3) is 5.53. The van der Waals surface area contributed by atoms with E-state index in [1.165, 1.54) is 7.05 Å². The van der Waals surface area contributed by atoms with Crippen LogP contribution in [0.15, 0.2) is 30.3 Å². The first-order valence-electron chi connectivity index (χ1n) is 5.01. The van der Waals surface area contributed by atoms with Crippen molar-refractivity contribution in [2.75, 3.05) is 20.3 Å². The van der Waals surface area contributed by atoms with Gasteiger partial charge in [0.15, 0.2) is 13.2 Å². The minimum Gasteiger partial charge on any atom is -0.484 e. The number of hydroxylamine groups is 1. The highest BCUT2D eigenvalue weighted by Crippen LogP contribution is 2.07. The summed E-state index contributed by atoms with van der Waals surface area (Å²) in [4.78, 5) is 26.6. The van der Waals surface area contributed by atoms with Crippen molar-refractivity contribution in [3.05, 3.63) is 30.3 Å². The van der Waals surface area contributed by atoms with Crippen LogP contribution in [0.1, 0.15) is 0 Å². The van der Waals surface area contributed by atoms with Crippen LogP contribution < -0.4 is 15.5 Å². The van der Waals surface area contributed by atoms with E-state index < -0.39 is 5.91 Å². The Morgan fingerprint density at radius 1 is 1.12 bits per heavy atom. The fourth-order valence-corrected chi connectivity index (χ4v) is 0.949. The SMILES string of the molecule is CNC(=O)CONC(=O)COc1ccccc1. The van der Waals surface area contributed by atoms with Crippen molar-refractivity contribution in [2.24, 2.45) is 0 Å². The van der Waals surface area contributed by atoms with E-state index in [9.17, 15) is 9.59 Å². The molecule has 0 aliphatic carbocycles. The number of ether oxygens (including phenoxy) is 1. The summed E-state index contributed by atoms with van der Waals surface area (Å²) in [6, 6.07) is 8.92. The Kier molecular flexibility index (Phi) is 5.53. The molecular weight excluding hydrogens is 224 g/mol. The molecule has 0 aromatic heterocycles. The van der Waals surface area contributed by atoms with Crippen molar-refractivity contribution < 1.29 is 19.2 Å². The summed E-state index contributed by atoms with van der Waals surface area (Å²) in [5.41, 5.74) is 2.09. The average Bonchev–Trinajstić information content (AvgIpc) is 2.37. The Labute approximate surface area is 98.9 Å². The number of amides is 2. The van der Waals surface area contributed by atoms with E-state index in [4.69, 9.17) is 4.74 Å². The maximum absolute atomic E-state index is 11.2. The highest BCUT2D eigenvalue weighted by atomic mass is 16.7. The molecule has 0 bridgehead atoms. The van der Waals surface area contributed by atoms with E-state index >= 15 is 0 Å². The molecule has 0 aliphatic heterocycles. The van der Waals surface area contributed by atoms with Crippen LogP contribution in [0, 0.1) is 0 Å². The summed E-state index contributed by atoms with van der Waals surface area (Å²) in [6.07, 6.45) is 0. The first kappa shape index (κ1) is 13.0. The summed E-state index contributed by atoms with van der Waals surface area (Å²) < 4.78 is 5.16. The van der Waals surface area contributed by atoms with Crippen LogP contribution in [0.2, 0.25) is 0 Å². The Bertz CT molecular complexity index is 367. The van der Waals surface area contributed by atoms with Gasteiger partial charge < -0.3 is 10.1 Å².